The third kappa shape index (κ3) is 3.89. The van der Waals surface area contributed by atoms with Crippen LogP contribution in [-0.2, 0) is 9.59 Å². The van der Waals surface area contributed by atoms with E-state index in [4.69, 9.17) is 4.74 Å². The van der Waals surface area contributed by atoms with E-state index in [-0.39, 0.29) is 23.9 Å². The van der Waals surface area contributed by atoms with Gasteiger partial charge in [0.05, 0.1) is 12.6 Å². The highest BCUT2D eigenvalue weighted by atomic mass is 16.5. The Morgan fingerprint density at radius 3 is 2.60 bits per heavy atom. The Morgan fingerprint density at radius 2 is 1.90 bits per heavy atom. The van der Waals surface area contributed by atoms with Crippen LogP contribution in [-0.4, -0.2) is 52.9 Å². The highest BCUT2D eigenvalue weighted by molar-refractivity contribution is 6.07. The van der Waals surface area contributed by atoms with Crippen LogP contribution >= 0.6 is 0 Å². The molecule has 0 radical (unpaired) electrons. The van der Waals surface area contributed by atoms with Crippen LogP contribution in [0.2, 0.25) is 0 Å². The predicted molar refractivity (Wildman–Crippen MR) is 112 cm³/mol. The molecule has 1 aromatic carbocycles. The summed E-state index contributed by atoms with van der Waals surface area (Å²) in [6.45, 7) is 3.65. The summed E-state index contributed by atoms with van der Waals surface area (Å²) in [4.78, 5) is 41.1. The van der Waals surface area contributed by atoms with Gasteiger partial charge in [0.2, 0.25) is 5.91 Å². The van der Waals surface area contributed by atoms with Crippen molar-refractivity contribution in [3.05, 3.63) is 29.8 Å². The standard InChI is InChI=1S/C23H31N3O4/c1-2-30-18-11-9-17(10-12-18)19-7-5-15-25(19)20(27)8-6-16-26-21(28)23(24-22(26)29)13-3-4-14-23/h9-12,19H,2-8,13-16H2,1H3,(H,24,29)/t19-/m0/s1. The van der Waals surface area contributed by atoms with Gasteiger partial charge in [-0.15, -0.1) is 0 Å². The molecule has 162 valence electrons. The first-order valence-corrected chi connectivity index (χ1v) is 11.2. The molecule has 1 N–H and O–H groups in total. The Hall–Kier alpha value is -2.57. The average Bonchev–Trinajstić information content (AvgIpc) is 3.46. The molecule has 3 fully saturated rings. The fourth-order valence-corrected chi connectivity index (χ4v) is 5.09. The molecule has 1 atom stereocenters. The van der Waals surface area contributed by atoms with E-state index in [0.29, 0.717) is 26.0 Å². The molecule has 3 aliphatic rings. The van der Waals surface area contributed by atoms with E-state index in [1.807, 2.05) is 36.1 Å². The Bertz CT molecular complexity index is 801. The zero-order valence-electron chi connectivity index (χ0n) is 17.7. The number of hydrogen-bond donors (Lipinski definition) is 1. The van der Waals surface area contributed by atoms with Crippen molar-refractivity contribution in [2.75, 3.05) is 19.7 Å². The van der Waals surface area contributed by atoms with E-state index >= 15 is 0 Å². The Morgan fingerprint density at radius 1 is 1.17 bits per heavy atom. The minimum atomic E-state index is -0.672. The maximum atomic E-state index is 12.9. The van der Waals surface area contributed by atoms with Crippen molar-refractivity contribution >= 4 is 17.8 Å². The number of imide groups is 1. The highest BCUT2D eigenvalue weighted by Gasteiger charge is 2.52. The summed E-state index contributed by atoms with van der Waals surface area (Å²) in [6.07, 6.45) is 6.18. The van der Waals surface area contributed by atoms with E-state index in [2.05, 4.69) is 5.32 Å². The Balaban J connectivity index is 1.31. The van der Waals surface area contributed by atoms with Gasteiger partial charge >= 0.3 is 6.03 Å². The maximum Gasteiger partial charge on any atom is 0.325 e. The fraction of sp³-hybridized carbons (Fsp3) is 0.609. The first-order chi connectivity index (χ1) is 14.5. The Kier molecular flexibility index (Phi) is 5.97. The first-order valence-electron chi connectivity index (χ1n) is 11.2. The smallest absolute Gasteiger partial charge is 0.325 e. The molecule has 2 heterocycles. The maximum absolute atomic E-state index is 12.9. The summed E-state index contributed by atoms with van der Waals surface area (Å²) in [6, 6.07) is 7.77. The fourth-order valence-electron chi connectivity index (χ4n) is 5.09. The first kappa shape index (κ1) is 20.7. The molecule has 4 rings (SSSR count). The quantitative estimate of drug-likeness (QED) is 0.695. The van der Waals surface area contributed by atoms with Crippen molar-refractivity contribution in [3.63, 3.8) is 0 Å². The monoisotopic (exact) mass is 413 g/mol. The van der Waals surface area contributed by atoms with Crippen molar-refractivity contribution in [3.8, 4) is 5.75 Å². The third-order valence-corrected chi connectivity index (χ3v) is 6.62. The summed E-state index contributed by atoms with van der Waals surface area (Å²) >= 11 is 0. The molecule has 7 nitrogen and oxygen atoms in total. The second kappa shape index (κ2) is 8.66. The van der Waals surface area contributed by atoms with Gasteiger partial charge in [0, 0.05) is 19.5 Å². The second-order valence-electron chi connectivity index (χ2n) is 8.53. The van der Waals surface area contributed by atoms with Crippen LogP contribution in [0.4, 0.5) is 4.79 Å². The molecule has 30 heavy (non-hydrogen) atoms. The molecule has 4 amide bonds. The number of amides is 4. The molecule has 0 unspecified atom stereocenters. The van der Waals surface area contributed by atoms with Gasteiger partial charge in [-0.25, -0.2) is 4.79 Å². The second-order valence-corrected chi connectivity index (χ2v) is 8.53. The number of hydrogen-bond acceptors (Lipinski definition) is 4. The predicted octanol–water partition coefficient (Wildman–Crippen LogP) is 3.39. The number of ether oxygens (including phenoxy) is 1. The normalized spacial score (nSPS) is 22.8. The van der Waals surface area contributed by atoms with Crippen LogP contribution in [0.3, 0.4) is 0 Å². The number of rotatable bonds is 7. The molecule has 2 aliphatic heterocycles. The van der Waals surface area contributed by atoms with E-state index < -0.39 is 5.54 Å². The number of nitrogens with zero attached hydrogens (tertiary/aromatic N) is 2. The third-order valence-electron chi connectivity index (χ3n) is 6.62. The summed E-state index contributed by atoms with van der Waals surface area (Å²) < 4.78 is 5.51. The van der Waals surface area contributed by atoms with Crippen molar-refractivity contribution < 1.29 is 19.1 Å². The molecular weight excluding hydrogens is 382 g/mol. The summed E-state index contributed by atoms with van der Waals surface area (Å²) in [5, 5.41) is 2.90. The van der Waals surface area contributed by atoms with Crippen LogP contribution in [0.15, 0.2) is 24.3 Å². The van der Waals surface area contributed by atoms with Crippen molar-refractivity contribution in [1.82, 2.24) is 15.1 Å². The van der Waals surface area contributed by atoms with Crippen LogP contribution in [0.5, 0.6) is 5.75 Å². The number of carbonyl (C=O) groups excluding carboxylic acids is 3. The summed E-state index contributed by atoms with van der Waals surface area (Å²) in [5.74, 6) is 0.825. The lowest BCUT2D eigenvalue weighted by atomic mass is 9.98. The van der Waals surface area contributed by atoms with E-state index in [0.717, 1.165) is 56.4 Å². The van der Waals surface area contributed by atoms with Gasteiger partial charge in [-0.2, -0.15) is 0 Å². The zero-order chi connectivity index (χ0) is 21.1. The van der Waals surface area contributed by atoms with E-state index in [1.54, 1.807) is 0 Å². The molecule has 1 saturated carbocycles. The van der Waals surface area contributed by atoms with Gasteiger partial charge in [-0.3, -0.25) is 14.5 Å². The Labute approximate surface area is 177 Å². The largest absolute Gasteiger partial charge is 0.494 e. The van der Waals surface area contributed by atoms with Crippen LogP contribution in [0.25, 0.3) is 0 Å². The van der Waals surface area contributed by atoms with Crippen molar-refractivity contribution in [2.45, 2.75) is 69.9 Å². The topological polar surface area (TPSA) is 79.0 Å². The van der Waals surface area contributed by atoms with Crippen LogP contribution < -0.4 is 10.1 Å². The van der Waals surface area contributed by atoms with Gasteiger partial charge in [0.15, 0.2) is 0 Å². The molecule has 2 saturated heterocycles. The van der Waals surface area contributed by atoms with Crippen molar-refractivity contribution in [2.24, 2.45) is 0 Å². The minimum Gasteiger partial charge on any atom is -0.494 e. The van der Waals surface area contributed by atoms with Gasteiger partial charge in [-0.05, 0) is 56.7 Å². The van der Waals surface area contributed by atoms with Gasteiger partial charge < -0.3 is 15.0 Å². The number of likely N-dealkylation sites (tertiary alicyclic amines) is 1. The number of nitrogens with one attached hydrogen (secondary N) is 1. The minimum absolute atomic E-state index is 0.0895. The van der Waals surface area contributed by atoms with Gasteiger partial charge in [0.1, 0.15) is 11.3 Å². The van der Waals surface area contributed by atoms with E-state index in [9.17, 15) is 14.4 Å². The molecule has 0 bridgehead atoms. The lowest BCUT2D eigenvalue weighted by Gasteiger charge is -2.26. The lowest BCUT2D eigenvalue weighted by Crippen LogP contribution is -2.44. The van der Waals surface area contributed by atoms with E-state index in [1.165, 1.54) is 4.90 Å². The van der Waals surface area contributed by atoms with Crippen LogP contribution in [0, 0.1) is 0 Å². The van der Waals surface area contributed by atoms with Crippen LogP contribution in [0.1, 0.15) is 69.9 Å². The van der Waals surface area contributed by atoms with Gasteiger partial charge in [-0.1, -0.05) is 25.0 Å². The SMILES string of the molecule is CCOc1ccc([C@@H]2CCCN2C(=O)CCCN2C(=O)NC3(CCCC3)C2=O)cc1. The van der Waals surface area contributed by atoms with Crippen molar-refractivity contribution in [1.29, 1.82) is 0 Å². The molecule has 1 aromatic rings. The molecule has 7 heteroatoms. The van der Waals surface area contributed by atoms with Gasteiger partial charge in [0.25, 0.3) is 5.91 Å². The zero-order valence-corrected chi connectivity index (χ0v) is 17.7. The number of urea groups is 1. The molecule has 1 aliphatic carbocycles. The molecule has 1 spiro atoms. The molecule has 0 aromatic heterocycles. The average molecular weight is 414 g/mol. The summed E-state index contributed by atoms with van der Waals surface area (Å²) in [7, 11) is 0. The lowest BCUT2D eigenvalue weighted by molar-refractivity contribution is -0.134. The number of carbonyl (C=O) groups is 3. The highest BCUT2D eigenvalue weighted by Crippen LogP contribution is 2.36. The number of benzene rings is 1. The molecular formula is C23H31N3O4. The summed E-state index contributed by atoms with van der Waals surface area (Å²) in [5.41, 5.74) is 0.455.